The number of nitrogens with one attached hydrogen (secondary N) is 1. The molecule has 0 spiro atoms. The maximum atomic E-state index is 8.08. The van der Waals surface area contributed by atoms with Crippen LogP contribution in [0.2, 0.25) is 0 Å². The minimum absolute atomic E-state index is 0.623. The van der Waals surface area contributed by atoms with Gasteiger partial charge in [-0.05, 0) is 25.7 Å². The second kappa shape index (κ2) is 4.36. The van der Waals surface area contributed by atoms with Gasteiger partial charge in [0.25, 0.3) is 0 Å². The third-order valence-electron chi connectivity index (χ3n) is 4.46. The van der Waals surface area contributed by atoms with Crippen molar-refractivity contribution in [1.82, 2.24) is 9.80 Å². The normalized spacial score (nSPS) is 28.6. The average Bonchev–Trinajstić information content (AvgIpc) is 3.04. The number of rotatable bonds is 2. The Hall–Kier alpha value is -0.570. The molecule has 3 fully saturated rings. The van der Waals surface area contributed by atoms with E-state index in [1.807, 2.05) is 0 Å². The number of nitrogens with zero attached hydrogens (tertiary/aromatic N) is 2. The molecule has 3 nitrogen and oxygen atoms in total. The average molecular weight is 221 g/mol. The van der Waals surface area contributed by atoms with Crippen LogP contribution in [0.25, 0.3) is 0 Å². The van der Waals surface area contributed by atoms with E-state index in [1.54, 1.807) is 0 Å². The lowest BCUT2D eigenvalue weighted by atomic mass is 10.1. The van der Waals surface area contributed by atoms with E-state index >= 15 is 0 Å². The zero-order valence-electron chi connectivity index (χ0n) is 10.1. The Kier molecular flexibility index (Phi) is 2.88. The number of amidine groups is 1. The Bertz CT molecular complexity index is 258. The second-order valence-electron chi connectivity index (χ2n) is 5.62. The van der Waals surface area contributed by atoms with Crippen LogP contribution < -0.4 is 0 Å². The Morgan fingerprint density at radius 1 is 0.875 bits per heavy atom. The van der Waals surface area contributed by atoms with Crippen molar-refractivity contribution in [2.45, 2.75) is 44.6 Å². The van der Waals surface area contributed by atoms with Gasteiger partial charge in [0.15, 0.2) is 0 Å². The maximum absolute atomic E-state index is 8.08. The van der Waals surface area contributed by atoms with Crippen LogP contribution in [0, 0.1) is 11.3 Å². The molecule has 0 atom stereocenters. The summed E-state index contributed by atoms with van der Waals surface area (Å²) in [5.74, 6) is 1.56. The van der Waals surface area contributed by atoms with Crippen LogP contribution in [0.4, 0.5) is 0 Å². The lowest BCUT2D eigenvalue weighted by Gasteiger charge is -2.39. The Balaban J connectivity index is 1.49. The highest BCUT2D eigenvalue weighted by atomic mass is 15.3. The van der Waals surface area contributed by atoms with Gasteiger partial charge in [0.05, 0.1) is 5.84 Å². The summed E-state index contributed by atoms with van der Waals surface area (Å²) in [7, 11) is 0. The third-order valence-corrected chi connectivity index (χ3v) is 4.46. The van der Waals surface area contributed by atoms with E-state index in [4.69, 9.17) is 5.41 Å². The van der Waals surface area contributed by atoms with Gasteiger partial charge in [-0.15, -0.1) is 0 Å². The summed E-state index contributed by atoms with van der Waals surface area (Å²) < 4.78 is 0. The van der Waals surface area contributed by atoms with Gasteiger partial charge in [-0.1, -0.05) is 12.8 Å². The van der Waals surface area contributed by atoms with Crippen molar-refractivity contribution in [2.75, 3.05) is 26.2 Å². The van der Waals surface area contributed by atoms with Crippen molar-refractivity contribution in [3.63, 3.8) is 0 Å². The molecule has 0 radical (unpaired) electrons. The molecule has 3 rings (SSSR count). The van der Waals surface area contributed by atoms with Crippen LogP contribution in [0.3, 0.4) is 0 Å². The topological polar surface area (TPSA) is 30.3 Å². The maximum Gasteiger partial charge on any atom is 0.0990 e. The highest BCUT2D eigenvalue weighted by Gasteiger charge is 2.33. The number of hydrogen-bond donors (Lipinski definition) is 1. The summed E-state index contributed by atoms with van der Waals surface area (Å²) in [5.41, 5.74) is 0. The van der Waals surface area contributed by atoms with Gasteiger partial charge in [-0.2, -0.15) is 0 Å². The highest BCUT2D eigenvalue weighted by Crippen LogP contribution is 2.32. The molecule has 16 heavy (non-hydrogen) atoms. The van der Waals surface area contributed by atoms with E-state index in [0.29, 0.717) is 5.92 Å². The van der Waals surface area contributed by atoms with E-state index in [2.05, 4.69) is 9.80 Å². The van der Waals surface area contributed by atoms with Crippen LogP contribution in [0.15, 0.2) is 0 Å². The SMILES string of the molecule is N=C(C1CC1)N1CCN(C2CCCC2)CC1. The molecule has 2 saturated carbocycles. The molecule has 0 aromatic heterocycles. The molecule has 0 aromatic rings. The molecule has 0 bridgehead atoms. The van der Waals surface area contributed by atoms with E-state index < -0.39 is 0 Å². The first-order chi connectivity index (χ1) is 7.84. The first-order valence-electron chi connectivity index (χ1n) is 6.92. The van der Waals surface area contributed by atoms with Crippen LogP contribution in [0.1, 0.15) is 38.5 Å². The Morgan fingerprint density at radius 2 is 1.50 bits per heavy atom. The molecular weight excluding hydrogens is 198 g/mol. The predicted molar refractivity (Wildman–Crippen MR) is 65.9 cm³/mol. The van der Waals surface area contributed by atoms with Crippen molar-refractivity contribution in [2.24, 2.45) is 5.92 Å². The van der Waals surface area contributed by atoms with Crippen molar-refractivity contribution in [1.29, 1.82) is 5.41 Å². The van der Waals surface area contributed by atoms with Crippen molar-refractivity contribution < 1.29 is 0 Å². The zero-order valence-corrected chi connectivity index (χ0v) is 10.1. The summed E-state index contributed by atoms with van der Waals surface area (Å²) >= 11 is 0. The smallest absolute Gasteiger partial charge is 0.0990 e. The molecule has 0 aromatic carbocycles. The Labute approximate surface area is 98.3 Å². The zero-order chi connectivity index (χ0) is 11.0. The second-order valence-corrected chi connectivity index (χ2v) is 5.62. The first kappa shape index (κ1) is 10.6. The fourth-order valence-electron chi connectivity index (χ4n) is 3.21. The molecule has 3 aliphatic rings. The van der Waals surface area contributed by atoms with Gasteiger partial charge in [-0.3, -0.25) is 10.3 Å². The largest absolute Gasteiger partial charge is 0.358 e. The fourth-order valence-corrected chi connectivity index (χ4v) is 3.21. The van der Waals surface area contributed by atoms with Crippen LogP contribution >= 0.6 is 0 Å². The molecule has 3 heteroatoms. The van der Waals surface area contributed by atoms with Crippen LogP contribution in [-0.4, -0.2) is 47.9 Å². The summed E-state index contributed by atoms with van der Waals surface area (Å²) in [5, 5.41) is 8.08. The third kappa shape index (κ3) is 2.10. The highest BCUT2D eigenvalue weighted by molar-refractivity contribution is 5.83. The fraction of sp³-hybridized carbons (Fsp3) is 0.923. The predicted octanol–water partition coefficient (Wildman–Crippen LogP) is 1.93. The van der Waals surface area contributed by atoms with Crippen LogP contribution in [-0.2, 0) is 0 Å². The number of piperazine rings is 1. The lowest BCUT2D eigenvalue weighted by Crippen LogP contribution is -2.51. The van der Waals surface area contributed by atoms with Gasteiger partial charge in [0.2, 0.25) is 0 Å². The molecule has 0 amide bonds. The minimum atomic E-state index is 0.623. The first-order valence-corrected chi connectivity index (χ1v) is 6.92. The monoisotopic (exact) mass is 221 g/mol. The van der Waals surface area contributed by atoms with Gasteiger partial charge in [0, 0.05) is 38.1 Å². The van der Waals surface area contributed by atoms with E-state index in [0.717, 1.165) is 25.0 Å². The van der Waals surface area contributed by atoms with Crippen molar-refractivity contribution >= 4 is 5.84 Å². The summed E-state index contributed by atoms with van der Waals surface area (Å²) in [6, 6.07) is 0.872. The van der Waals surface area contributed by atoms with Gasteiger partial charge < -0.3 is 4.90 Å². The molecule has 90 valence electrons. The molecule has 1 aliphatic heterocycles. The standard InChI is InChI=1S/C13H23N3/c14-13(11-5-6-11)16-9-7-15(8-10-16)12-3-1-2-4-12/h11-12,14H,1-10H2. The molecule has 1 N–H and O–H groups in total. The summed E-state index contributed by atoms with van der Waals surface area (Å²) in [6.45, 7) is 4.59. The quantitative estimate of drug-likeness (QED) is 0.570. The van der Waals surface area contributed by atoms with E-state index in [9.17, 15) is 0 Å². The Morgan fingerprint density at radius 3 is 2.06 bits per heavy atom. The van der Waals surface area contributed by atoms with Gasteiger partial charge >= 0.3 is 0 Å². The molecule has 2 aliphatic carbocycles. The summed E-state index contributed by atoms with van der Waals surface area (Å²) in [6.07, 6.45) is 8.23. The molecule has 1 heterocycles. The van der Waals surface area contributed by atoms with Gasteiger partial charge in [-0.25, -0.2) is 0 Å². The van der Waals surface area contributed by atoms with E-state index in [-0.39, 0.29) is 0 Å². The molecule has 0 unspecified atom stereocenters. The minimum Gasteiger partial charge on any atom is -0.358 e. The van der Waals surface area contributed by atoms with Crippen LogP contribution in [0.5, 0.6) is 0 Å². The van der Waals surface area contributed by atoms with E-state index in [1.165, 1.54) is 51.6 Å². The number of hydrogen-bond acceptors (Lipinski definition) is 2. The molecule has 1 saturated heterocycles. The lowest BCUT2D eigenvalue weighted by molar-refractivity contribution is 0.132. The van der Waals surface area contributed by atoms with Gasteiger partial charge in [0.1, 0.15) is 0 Å². The summed E-state index contributed by atoms with van der Waals surface area (Å²) in [4.78, 5) is 4.99. The van der Waals surface area contributed by atoms with Crippen molar-refractivity contribution in [3.8, 4) is 0 Å². The molecular formula is C13H23N3. The van der Waals surface area contributed by atoms with Crippen molar-refractivity contribution in [3.05, 3.63) is 0 Å².